The Labute approximate surface area is 178 Å². The molecule has 1 fully saturated rings. The van der Waals surface area contributed by atoms with Gasteiger partial charge in [0.25, 0.3) is 0 Å². The number of hydrogen-bond acceptors (Lipinski definition) is 6. The maximum Gasteiger partial charge on any atom is 0.244 e. The standard InChI is InChI=1S/C21H24F2N6O2/c1-12(2)31-20-16-11-24-21(26-19(16)27-28-20)25-15-5-7-29(8-6-15)18(30)9-13-3-4-14(22)10-17(13)23/h3-4,10-12,15H,5-9H2,1-2H3,(H2,24,25,26,27,28). The summed E-state index contributed by atoms with van der Waals surface area (Å²) in [6, 6.07) is 3.39. The second-order valence-corrected chi connectivity index (χ2v) is 7.86. The van der Waals surface area contributed by atoms with Crippen LogP contribution in [0.25, 0.3) is 11.0 Å². The lowest BCUT2D eigenvalue weighted by atomic mass is 10.0. The Hall–Kier alpha value is -3.30. The third-order valence-electron chi connectivity index (χ3n) is 5.17. The fraction of sp³-hybridized carbons (Fsp3) is 0.429. The Morgan fingerprint density at radius 1 is 1.32 bits per heavy atom. The molecule has 2 aromatic heterocycles. The summed E-state index contributed by atoms with van der Waals surface area (Å²) in [7, 11) is 0. The van der Waals surface area contributed by atoms with E-state index in [1.165, 1.54) is 6.07 Å². The number of aromatic amines is 1. The summed E-state index contributed by atoms with van der Waals surface area (Å²) >= 11 is 0. The van der Waals surface area contributed by atoms with Crippen molar-refractivity contribution in [1.29, 1.82) is 0 Å². The van der Waals surface area contributed by atoms with E-state index in [4.69, 9.17) is 4.74 Å². The van der Waals surface area contributed by atoms with Gasteiger partial charge in [0.2, 0.25) is 17.7 Å². The normalized spacial score (nSPS) is 14.9. The molecule has 4 rings (SSSR count). The minimum atomic E-state index is -0.696. The molecule has 1 saturated heterocycles. The Morgan fingerprint density at radius 2 is 2.10 bits per heavy atom. The third kappa shape index (κ3) is 4.89. The molecule has 3 heterocycles. The number of aromatic nitrogens is 4. The minimum Gasteiger partial charge on any atom is -0.473 e. The van der Waals surface area contributed by atoms with Crippen LogP contribution in [-0.2, 0) is 11.2 Å². The number of anilines is 1. The second kappa shape index (κ2) is 8.83. The SMILES string of the molecule is CC(C)Oc1n[nH]c2nc(NC3CCN(C(=O)Cc4ccc(F)cc4F)CC3)ncc12. The van der Waals surface area contributed by atoms with E-state index in [1.807, 2.05) is 13.8 Å². The molecule has 1 amide bonds. The van der Waals surface area contributed by atoms with E-state index in [2.05, 4.69) is 25.5 Å². The number of hydrogen-bond donors (Lipinski definition) is 2. The first-order valence-electron chi connectivity index (χ1n) is 10.2. The highest BCUT2D eigenvalue weighted by atomic mass is 19.1. The Kier molecular flexibility index (Phi) is 5.97. The minimum absolute atomic E-state index is 0.00301. The van der Waals surface area contributed by atoms with E-state index in [-0.39, 0.29) is 30.0 Å². The van der Waals surface area contributed by atoms with Gasteiger partial charge < -0.3 is 15.0 Å². The first-order valence-corrected chi connectivity index (χ1v) is 10.2. The maximum absolute atomic E-state index is 13.8. The fourth-order valence-corrected chi connectivity index (χ4v) is 3.57. The van der Waals surface area contributed by atoms with Crippen LogP contribution in [-0.4, -0.2) is 56.2 Å². The van der Waals surface area contributed by atoms with Gasteiger partial charge >= 0.3 is 0 Å². The molecule has 0 aliphatic carbocycles. The number of nitrogens with one attached hydrogen (secondary N) is 2. The van der Waals surface area contributed by atoms with Crippen molar-refractivity contribution in [1.82, 2.24) is 25.1 Å². The van der Waals surface area contributed by atoms with Crippen molar-refractivity contribution in [2.24, 2.45) is 0 Å². The number of rotatable bonds is 6. The molecule has 3 aromatic rings. The summed E-state index contributed by atoms with van der Waals surface area (Å²) in [5, 5.41) is 11.0. The fourth-order valence-electron chi connectivity index (χ4n) is 3.57. The van der Waals surface area contributed by atoms with Gasteiger partial charge in [-0.25, -0.2) is 13.8 Å². The molecule has 1 aliphatic heterocycles. The zero-order chi connectivity index (χ0) is 22.0. The van der Waals surface area contributed by atoms with Gasteiger partial charge in [0.15, 0.2) is 5.65 Å². The van der Waals surface area contributed by atoms with Crippen molar-refractivity contribution in [2.75, 3.05) is 18.4 Å². The zero-order valence-electron chi connectivity index (χ0n) is 17.4. The average molecular weight is 430 g/mol. The lowest BCUT2D eigenvalue weighted by Gasteiger charge is -2.32. The van der Waals surface area contributed by atoms with E-state index in [1.54, 1.807) is 11.1 Å². The van der Waals surface area contributed by atoms with Crippen LogP contribution in [0.15, 0.2) is 24.4 Å². The summed E-state index contributed by atoms with van der Waals surface area (Å²) in [4.78, 5) is 23.0. The van der Waals surface area contributed by atoms with Crippen LogP contribution in [0.5, 0.6) is 5.88 Å². The van der Waals surface area contributed by atoms with Gasteiger partial charge in [-0.2, -0.15) is 4.98 Å². The largest absolute Gasteiger partial charge is 0.473 e. The molecule has 1 aromatic carbocycles. The highest BCUT2D eigenvalue weighted by molar-refractivity contribution is 5.80. The Balaban J connectivity index is 1.32. The van der Waals surface area contributed by atoms with Crippen LogP contribution in [0, 0.1) is 11.6 Å². The number of ether oxygens (including phenoxy) is 1. The molecule has 164 valence electrons. The number of amides is 1. The van der Waals surface area contributed by atoms with E-state index >= 15 is 0 Å². The van der Waals surface area contributed by atoms with Crippen molar-refractivity contribution in [3.63, 3.8) is 0 Å². The highest BCUT2D eigenvalue weighted by Gasteiger charge is 2.24. The van der Waals surface area contributed by atoms with Gasteiger partial charge in [-0.1, -0.05) is 6.07 Å². The van der Waals surface area contributed by atoms with E-state index in [0.29, 0.717) is 48.8 Å². The molecule has 0 saturated carbocycles. The van der Waals surface area contributed by atoms with Crippen molar-refractivity contribution in [3.05, 3.63) is 41.6 Å². The number of fused-ring (bicyclic) bond motifs is 1. The van der Waals surface area contributed by atoms with Crippen molar-refractivity contribution in [3.8, 4) is 5.88 Å². The van der Waals surface area contributed by atoms with Gasteiger partial charge in [0, 0.05) is 31.4 Å². The number of benzene rings is 1. The summed E-state index contributed by atoms with van der Waals surface area (Å²) in [5.74, 6) is -0.568. The van der Waals surface area contributed by atoms with Gasteiger partial charge in [0.05, 0.1) is 12.5 Å². The Bertz CT molecular complexity index is 1080. The molecular formula is C21H24F2N6O2. The number of likely N-dealkylation sites (tertiary alicyclic amines) is 1. The van der Waals surface area contributed by atoms with Crippen LogP contribution in [0.1, 0.15) is 32.3 Å². The van der Waals surface area contributed by atoms with Crippen LogP contribution in [0.2, 0.25) is 0 Å². The monoisotopic (exact) mass is 430 g/mol. The van der Waals surface area contributed by atoms with Gasteiger partial charge in [-0.05, 0) is 38.3 Å². The molecule has 2 N–H and O–H groups in total. The molecule has 0 spiro atoms. The molecule has 8 nitrogen and oxygen atoms in total. The molecule has 1 aliphatic rings. The first-order chi connectivity index (χ1) is 14.9. The Morgan fingerprint density at radius 3 is 2.81 bits per heavy atom. The molecular weight excluding hydrogens is 406 g/mol. The molecule has 0 bridgehead atoms. The molecule has 0 atom stereocenters. The topological polar surface area (TPSA) is 96.0 Å². The lowest BCUT2D eigenvalue weighted by molar-refractivity contribution is -0.131. The smallest absolute Gasteiger partial charge is 0.244 e. The van der Waals surface area contributed by atoms with E-state index in [9.17, 15) is 13.6 Å². The highest BCUT2D eigenvalue weighted by Crippen LogP contribution is 2.23. The summed E-state index contributed by atoms with van der Waals surface area (Å²) < 4.78 is 32.5. The maximum atomic E-state index is 13.8. The molecule has 0 radical (unpaired) electrons. The molecule has 31 heavy (non-hydrogen) atoms. The average Bonchev–Trinajstić information content (AvgIpc) is 3.12. The first kappa shape index (κ1) is 21.0. The van der Waals surface area contributed by atoms with Crippen LogP contribution in [0.3, 0.4) is 0 Å². The third-order valence-corrected chi connectivity index (χ3v) is 5.17. The quantitative estimate of drug-likeness (QED) is 0.624. The lowest BCUT2D eigenvalue weighted by Crippen LogP contribution is -2.43. The second-order valence-electron chi connectivity index (χ2n) is 7.86. The predicted molar refractivity (Wildman–Crippen MR) is 111 cm³/mol. The molecule has 10 heteroatoms. The van der Waals surface area contributed by atoms with E-state index < -0.39 is 11.6 Å². The summed E-state index contributed by atoms with van der Waals surface area (Å²) in [5.41, 5.74) is 0.788. The predicted octanol–water partition coefficient (Wildman–Crippen LogP) is 3.06. The van der Waals surface area contributed by atoms with Gasteiger partial charge in [-0.3, -0.25) is 9.89 Å². The van der Waals surface area contributed by atoms with Gasteiger partial charge in [-0.15, -0.1) is 5.10 Å². The molecule has 0 unspecified atom stereocenters. The van der Waals surface area contributed by atoms with E-state index in [0.717, 1.165) is 12.1 Å². The van der Waals surface area contributed by atoms with Crippen molar-refractivity contribution < 1.29 is 18.3 Å². The van der Waals surface area contributed by atoms with Crippen LogP contribution >= 0.6 is 0 Å². The van der Waals surface area contributed by atoms with Crippen molar-refractivity contribution >= 4 is 22.9 Å². The summed E-state index contributed by atoms with van der Waals surface area (Å²) in [6.45, 7) is 4.92. The van der Waals surface area contributed by atoms with Crippen molar-refractivity contribution in [2.45, 2.75) is 45.3 Å². The van der Waals surface area contributed by atoms with Crippen LogP contribution in [0.4, 0.5) is 14.7 Å². The van der Waals surface area contributed by atoms with Gasteiger partial charge in [0.1, 0.15) is 17.0 Å². The number of carbonyl (C=O) groups excluding carboxylic acids is 1. The number of halogens is 2. The zero-order valence-corrected chi connectivity index (χ0v) is 17.4. The number of carbonyl (C=O) groups is 1. The number of nitrogens with zero attached hydrogens (tertiary/aromatic N) is 4. The summed E-state index contributed by atoms with van der Waals surface area (Å²) in [6.07, 6.45) is 3.01. The van der Waals surface area contributed by atoms with Crippen LogP contribution < -0.4 is 10.1 Å². The number of piperidine rings is 1. The number of H-pyrrole nitrogens is 1.